The van der Waals surface area contributed by atoms with Gasteiger partial charge in [0.1, 0.15) is 17.2 Å². The average molecular weight is 327 g/mol. The molecule has 10 heteroatoms. The van der Waals surface area contributed by atoms with Crippen LogP contribution in [0.5, 0.6) is 11.5 Å². The van der Waals surface area contributed by atoms with Gasteiger partial charge in [-0.2, -0.15) is 5.10 Å². The molecule has 1 aromatic carbocycles. The number of H-pyrrole nitrogens is 2. The van der Waals surface area contributed by atoms with E-state index in [1.54, 1.807) is 0 Å². The van der Waals surface area contributed by atoms with E-state index in [1.807, 2.05) is 0 Å². The quantitative estimate of drug-likeness (QED) is 0.307. The van der Waals surface area contributed by atoms with Crippen LogP contribution in [0.2, 0.25) is 0 Å². The van der Waals surface area contributed by atoms with E-state index in [0.717, 1.165) is 10.6 Å². The second-order valence-corrected chi connectivity index (χ2v) is 4.71. The Morgan fingerprint density at radius 2 is 2.21 bits per heavy atom. The maximum atomic E-state index is 12.1. The predicted octanol–water partition coefficient (Wildman–Crippen LogP) is 0.802. The third-order valence-electron chi connectivity index (χ3n) is 3.23. The van der Waals surface area contributed by atoms with Crippen molar-refractivity contribution in [3.05, 3.63) is 53.5 Å². The van der Waals surface area contributed by atoms with Crippen LogP contribution in [0.15, 0.2) is 42.1 Å². The van der Waals surface area contributed by atoms with Crippen LogP contribution in [0.4, 0.5) is 5.82 Å². The fraction of sp³-hybridized carbons (Fsp3) is 0. The maximum absolute atomic E-state index is 12.1. The Balaban J connectivity index is 2.14. The van der Waals surface area contributed by atoms with Crippen LogP contribution in [0.25, 0.3) is 11.4 Å². The number of anilines is 1. The first kappa shape index (κ1) is 15.1. The van der Waals surface area contributed by atoms with Crippen molar-refractivity contribution < 1.29 is 10.2 Å². The number of benzene rings is 1. The number of rotatable bonds is 4. The average Bonchev–Trinajstić information content (AvgIpc) is 3.14. The minimum atomic E-state index is -0.665. The Morgan fingerprint density at radius 3 is 2.92 bits per heavy atom. The molecule has 0 aliphatic heterocycles. The SMILES string of the molecule is C=CNc1nc[nH]c1C(=N)n1c(-c2ccc(O)cc2O)n[nH]c1=O. The summed E-state index contributed by atoms with van der Waals surface area (Å²) in [5.41, 5.74) is -0.256. The molecule has 2 aromatic heterocycles. The lowest BCUT2D eigenvalue weighted by atomic mass is 10.1. The molecule has 0 bridgehead atoms. The summed E-state index contributed by atoms with van der Waals surface area (Å²) >= 11 is 0. The molecule has 0 spiro atoms. The zero-order valence-corrected chi connectivity index (χ0v) is 12.2. The number of nitrogens with one attached hydrogen (secondary N) is 4. The Labute approximate surface area is 134 Å². The highest BCUT2D eigenvalue weighted by molar-refractivity contribution is 6.02. The lowest BCUT2D eigenvalue weighted by molar-refractivity contribution is 0.451. The van der Waals surface area contributed by atoms with Crippen molar-refractivity contribution in [1.29, 1.82) is 5.41 Å². The zero-order valence-electron chi connectivity index (χ0n) is 12.2. The van der Waals surface area contributed by atoms with Crippen LogP contribution in [0.3, 0.4) is 0 Å². The summed E-state index contributed by atoms with van der Waals surface area (Å²) in [4.78, 5) is 18.8. The largest absolute Gasteiger partial charge is 0.508 e. The number of aromatic amines is 2. The Bertz CT molecular complexity index is 982. The van der Waals surface area contributed by atoms with Crippen molar-refractivity contribution in [2.45, 2.75) is 0 Å². The minimum absolute atomic E-state index is 0.0154. The number of phenolic OH excluding ortho intramolecular Hbond substituents is 2. The zero-order chi connectivity index (χ0) is 17.3. The van der Waals surface area contributed by atoms with Crippen LogP contribution in [-0.2, 0) is 0 Å². The first-order valence-corrected chi connectivity index (χ1v) is 6.72. The standard InChI is InChI=1S/C14H13N7O3/c1-2-16-12-10(17-6-18-12)11(15)21-13(19-20-14(21)24)8-4-3-7(22)5-9(8)23/h2-6,15-16,22-23H,1H2,(H,17,18)(H,20,24). The van der Waals surface area contributed by atoms with E-state index in [4.69, 9.17) is 5.41 Å². The Kier molecular flexibility index (Phi) is 3.62. The van der Waals surface area contributed by atoms with Gasteiger partial charge in [-0.25, -0.2) is 19.4 Å². The number of aromatic hydroxyl groups is 2. The lowest BCUT2D eigenvalue weighted by Crippen LogP contribution is -2.26. The molecule has 0 unspecified atom stereocenters. The van der Waals surface area contributed by atoms with Gasteiger partial charge in [0.05, 0.1) is 11.9 Å². The molecule has 3 rings (SSSR count). The van der Waals surface area contributed by atoms with E-state index in [9.17, 15) is 15.0 Å². The summed E-state index contributed by atoms with van der Waals surface area (Å²) in [5.74, 6) is -0.331. The van der Waals surface area contributed by atoms with Crippen molar-refractivity contribution in [3.63, 3.8) is 0 Å². The van der Waals surface area contributed by atoms with Gasteiger partial charge >= 0.3 is 5.69 Å². The summed E-state index contributed by atoms with van der Waals surface area (Å²) in [7, 11) is 0. The van der Waals surface area contributed by atoms with E-state index in [0.29, 0.717) is 5.82 Å². The maximum Gasteiger partial charge on any atom is 0.349 e. The molecule has 24 heavy (non-hydrogen) atoms. The van der Waals surface area contributed by atoms with Gasteiger partial charge in [-0.3, -0.25) is 5.41 Å². The summed E-state index contributed by atoms with van der Waals surface area (Å²) < 4.78 is 0.966. The van der Waals surface area contributed by atoms with Gasteiger partial charge in [-0.15, -0.1) is 0 Å². The van der Waals surface area contributed by atoms with Crippen molar-refractivity contribution in [3.8, 4) is 22.9 Å². The highest BCUT2D eigenvalue weighted by Gasteiger charge is 2.21. The second kappa shape index (κ2) is 5.76. The molecule has 122 valence electrons. The topological polar surface area (TPSA) is 156 Å². The smallest absolute Gasteiger partial charge is 0.349 e. The first-order chi connectivity index (χ1) is 11.5. The molecule has 0 amide bonds. The Hall–Kier alpha value is -3.82. The third kappa shape index (κ3) is 2.41. The summed E-state index contributed by atoms with van der Waals surface area (Å²) in [6.45, 7) is 3.52. The van der Waals surface area contributed by atoms with Crippen LogP contribution >= 0.6 is 0 Å². The molecule has 0 saturated carbocycles. The monoisotopic (exact) mass is 327 g/mol. The number of aromatic nitrogens is 5. The Morgan fingerprint density at radius 1 is 1.42 bits per heavy atom. The van der Waals surface area contributed by atoms with E-state index in [-0.39, 0.29) is 34.4 Å². The van der Waals surface area contributed by atoms with Crippen molar-refractivity contribution in [1.82, 2.24) is 24.7 Å². The molecule has 6 N–H and O–H groups in total. The van der Waals surface area contributed by atoms with Crippen molar-refractivity contribution >= 4 is 11.7 Å². The minimum Gasteiger partial charge on any atom is -0.508 e. The fourth-order valence-corrected chi connectivity index (χ4v) is 2.19. The normalized spacial score (nSPS) is 10.5. The van der Waals surface area contributed by atoms with Crippen LogP contribution < -0.4 is 11.0 Å². The van der Waals surface area contributed by atoms with E-state index < -0.39 is 5.69 Å². The molecular weight excluding hydrogens is 314 g/mol. The number of phenols is 2. The molecule has 2 heterocycles. The third-order valence-corrected chi connectivity index (χ3v) is 3.23. The highest BCUT2D eigenvalue weighted by Crippen LogP contribution is 2.30. The number of imidazole rings is 1. The van der Waals surface area contributed by atoms with Gasteiger partial charge in [-0.1, -0.05) is 6.58 Å². The summed E-state index contributed by atoms with van der Waals surface area (Å²) in [6, 6.07) is 3.84. The van der Waals surface area contributed by atoms with E-state index >= 15 is 0 Å². The summed E-state index contributed by atoms with van der Waals surface area (Å²) in [5, 5.41) is 36.5. The molecule has 10 nitrogen and oxygen atoms in total. The fourth-order valence-electron chi connectivity index (χ4n) is 2.19. The molecule has 0 aliphatic rings. The lowest BCUT2D eigenvalue weighted by Gasteiger charge is -2.09. The number of nitrogens with zero attached hydrogens (tertiary/aromatic N) is 3. The van der Waals surface area contributed by atoms with E-state index in [2.05, 4.69) is 32.1 Å². The van der Waals surface area contributed by atoms with Crippen molar-refractivity contribution in [2.24, 2.45) is 0 Å². The molecule has 0 atom stereocenters. The second-order valence-electron chi connectivity index (χ2n) is 4.71. The van der Waals surface area contributed by atoms with Crippen molar-refractivity contribution in [2.75, 3.05) is 5.32 Å². The molecule has 0 saturated heterocycles. The molecule has 0 aliphatic carbocycles. The van der Waals surface area contributed by atoms with Crippen LogP contribution in [-0.4, -0.2) is 40.8 Å². The highest BCUT2D eigenvalue weighted by atomic mass is 16.3. The van der Waals surface area contributed by atoms with Gasteiger partial charge in [0.2, 0.25) is 0 Å². The molecular formula is C14H13N7O3. The molecule has 0 fully saturated rings. The van der Waals surface area contributed by atoms with Gasteiger partial charge in [0.25, 0.3) is 0 Å². The summed E-state index contributed by atoms with van der Waals surface area (Å²) in [6.07, 6.45) is 2.75. The van der Waals surface area contributed by atoms with Crippen LogP contribution in [0.1, 0.15) is 5.69 Å². The van der Waals surface area contributed by atoms with Crippen LogP contribution in [0, 0.1) is 5.41 Å². The predicted molar refractivity (Wildman–Crippen MR) is 86.2 cm³/mol. The number of hydrogen-bond donors (Lipinski definition) is 6. The van der Waals surface area contributed by atoms with Gasteiger partial charge in [-0.05, 0) is 18.3 Å². The molecule has 0 radical (unpaired) electrons. The number of hydrogen-bond acceptors (Lipinski definition) is 7. The van der Waals surface area contributed by atoms with E-state index in [1.165, 1.54) is 24.7 Å². The van der Waals surface area contributed by atoms with Gasteiger partial charge in [0, 0.05) is 6.07 Å². The van der Waals surface area contributed by atoms with Gasteiger partial charge in [0.15, 0.2) is 17.5 Å². The van der Waals surface area contributed by atoms with Gasteiger partial charge < -0.3 is 20.5 Å². The first-order valence-electron chi connectivity index (χ1n) is 6.72. The molecule has 3 aromatic rings.